The third kappa shape index (κ3) is 6.92. The normalized spacial score (nSPS) is 12.1. The molecule has 4 aromatic heterocycles. The Balaban J connectivity index is 1.04. The average molecular weight is 713 g/mol. The highest BCUT2D eigenvalue weighted by molar-refractivity contribution is 7.26. The molecule has 4 heterocycles. The fourth-order valence-corrected chi connectivity index (χ4v) is 11.0. The molecule has 0 aliphatic rings. The zero-order valence-electron chi connectivity index (χ0n) is 29.6. The Hall–Kier alpha value is -3.44. The molecule has 0 unspecified atom stereocenters. The van der Waals surface area contributed by atoms with E-state index < -0.39 is 0 Å². The molecular weight excluding hydrogens is 665 g/mol. The van der Waals surface area contributed by atoms with Crippen molar-refractivity contribution in [1.29, 1.82) is 0 Å². The highest BCUT2D eigenvalue weighted by Crippen LogP contribution is 2.44. The van der Waals surface area contributed by atoms with Crippen molar-refractivity contribution in [1.82, 2.24) is 0 Å². The molecule has 256 valence electrons. The van der Waals surface area contributed by atoms with E-state index >= 15 is 0 Å². The van der Waals surface area contributed by atoms with Gasteiger partial charge in [0.1, 0.15) is 11.2 Å². The number of hydrogen-bond acceptors (Lipinski definition) is 4. The molecule has 8 aromatic rings. The van der Waals surface area contributed by atoms with E-state index in [0.29, 0.717) is 0 Å². The van der Waals surface area contributed by atoms with Crippen LogP contribution < -0.4 is 0 Å². The first-order valence-electron chi connectivity index (χ1n) is 19.1. The molecular formula is C46H48OS3. The van der Waals surface area contributed by atoms with Gasteiger partial charge in [-0.25, -0.2) is 0 Å². The van der Waals surface area contributed by atoms with E-state index in [1.54, 1.807) is 0 Å². The van der Waals surface area contributed by atoms with Crippen LogP contribution in [0, 0.1) is 0 Å². The van der Waals surface area contributed by atoms with Crippen LogP contribution in [0.25, 0.3) is 73.8 Å². The monoisotopic (exact) mass is 712 g/mol. The minimum absolute atomic E-state index is 0.966. The minimum Gasteiger partial charge on any atom is -0.455 e. The van der Waals surface area contributed by atoms with Crippen LogP contribution in [-0.4, -0.2) is 0 Å². The molecule has 50 heavy (non-hydrogen) atoms. The first-order valence-corrected chi connectivity index (χ1v) is 21.6. The summed E-state index contributed by atoms with van der Waals surface area (Å²) in [6.45, 7) is 4.58. The zero-order chi connectivity index (χ0) is 33.9. The molecule has 0 saturated heterocycles. The maximum absolute atomic E-state index is 6.62. The van der Waals surface area contributed by atoms with Crippen molar-refractivity contribution in [2.75, 3.05) is 0 Å². The summed E-state index contributed by atoms with van der Waals surface area (Å²) in [6.07, 6.45) is 18.6. The Morgan fingerprint density at radius 2 is 0.960 bits per heavy atom. The third-order valence-electron chi connectivity index (χ3n) is 10.5. The van der Waals surface area contributed by atoms with Crippen LogP contribution in [0.15, 0.2) is 89.3 Å². The fourth-order valence-electron chi connectivity index (χ4n) is 7.67. The van der Waals surface area contributed by atoms with Gasteiger partial charge in [0.2, 0.25) is 0 Å². The Kier molecular flexibility index (Phi) is 10.4. The number of benzene rings is 4. The van der Waals surface area contributed by atoms with Crippen LogP contribution in [0.4, 0.5) is 0 Å². The zero-order valence-corrected chi connectivity index (χ0v) is 32.1. The molecule has 0 aliphatic carbocycles. The largest absolute Gasteiger partial charge is 0.455 e. The minimum atomic E-state index is 0.966. The van der Waals surface area contributed by atoms with Crippen molar-refractivity contribution in [3.05, 3.63) is 94.7 Å². The highest BCUT2D eigenvalue weighted by atomic mass is 32.1. The lowest BCUT2D eigenvalue weighted by Crippen LogP contribution is -1.82. The molecule has 4 aromatic carbocycles. The molecule has 0 saturated carbocycles. The summed E-state index contributed by atoms with van der Waals surface area (Å²) >= 11 is 5.84. The van der Waals surface area contributed by atoms with Gasteiger partial charge in [-0.1, -0.05) is 96.3 Å². The lowest BCUT2D eigenvalue weighted by molar-refractivity contribution is 0.609. The van der Waals surface area contributed by atoms with Crippen LogP contribution in [0.1, 0.15) is 101 Å². The van der Waals surface area contributed by atoms with Gasteiger partial charge in [-0.05, 0) is 104 Å². The topological polar surface area (TPSA) is 13.1 Å². The first-order chi connectivity index (χ1) is 24.7. The molecule has 0 spiro atoms. The lowest BCUT2D eigenvalue weighted by atomic mass is 10.0. The molecule has 0 aliphatic heterocycles. The van der Waals surface area contributed by atoms with Gasteiger partial charge in [0.05, 0.1) is 0 Å². The quantitative estimate of drug-likeness (QED) is 0.0909. The SMILES string of the molecule is CCCCCCCCc1ccc(-c2ccc3oc4c(ccc5c4ccc4c6cc(-c7ccc(CCCCCCCC)s7)ccc6sc45)c3c2)s1. The summed E-state index contributed by atoms with van der Waals surface area (Å²) in [4.78, 5) is 5.75. The van der Waals surface area contributed by atoms with Gasteiger partial charge in [-0.3, -0.25) is 0 Å². The Labute approximate surface area is 309 Å². The number of unbranched alkanes of at least 4 members (excludes halogenated alkanes) is 10. The number of furan rings is 1. The molecule has 0 N–H and O–H groups in total. The van der Waals surface area contributed by atoms with Crippen LogP contribution >= 0.6 is 34.0 Å². The maximum atomic E-state index is 6.62. The van der Waals surface area contributed by atoms with E-state index in [-0.39, 0.29) is 0 Å². The fraction of sp³-hybridized carbons (Fsp3) is 0.348. The maximum Gasteiger partial charge on any atom is 0.143 e. The van der Waals surface area contributed by atoms with Crippen LogP contribution in [0.5, 0.6) is 0 Å². The molecule has 0 amide bonds. The second-order valence-corrected chi connectivity index (χ2v) is 17.6. The van der Waals surface area contributed by atoms with Crippen LogP contribution in [-0.2, 0) is 12.8 Å². The van der Waals surface area contributed by atoms with Gasteiger partial charge >= 0.3 is 0 Å². The molecule has 4 heteroatoms. The summed E-state index contributed by atoms with van der Waals surface area (Å²) in [5.74, 6) is 0. The number of aryl methyl sites for hydroxylation is 2. The van der Waals surface area contributed by atoms with E-state index in [9.17, 15) is 0 Å². The number of hydrogen-bond donors (Lipinski definition) is 0. The molecule has 0 atom stereocenters. The standard InChI is InChI=1S/C46H48OS3/c1-3-5-7-9-11-13-15-33-19-27-42(48-33)31-17-25-41-39(29-31)36-22-23-37-35(45(36)47-41)21-24-38-40-30-32(18-26-44(40)50-46(37)38)43-28-20-34(49-43)16-14-12-10-8-6-4-2/h17-30H,3-16H2,1-2H3. The summed E-state index contributed by atoms with van der Waals surface area (Å²) in [6, 6.07) is 32.4. The number of thiophene rings is 3. The number of fused-ring (bicyclic) bond motifs is 9. The predicted octanol–water partition coefficient (Wildman–Crippen LogP) is 16.4. The number of rotatable bonds is 16. The van der Waals surface area contributed by atoms with Crippen molar-refractivity contribution in [2.45, 2.75) is 104 Å². The summed E-state index contributed by atoms with van der Waals surface area (Å²) in [5, 5.41) is 7.60. The van der Waals surface area contributed by atoms with Crippen molar-refractivity contribution >= 4 is 86.9 Å². The van der Waals surface area contributed by atoms with Crippen LogP contribution in [0.3, 0.4) is 0 Å². The first kappa shape index (κ1) is 33.7. The third-order valence-corrected chi connectivity index (χ3v) is 14.1. The molecule has 8 rings (SSSR count). The van der Waals surface area contributed by atoms with Gasteiger partial charge in [-0.2, -0.15) is 0 Å². The van der Waals surface area contributed by atoms with E-state index in [2.05, 4.69) is 98.8 Å². The molecule has 0 fully saturated rings. The van der Waals surface area contributed by atoms with Gasteiger partial charge in [-0.15, -0.1) is 34.0 Å². The Morgan fingerprint density at radius 1 is 0.440 bits per heavy atom. The average Bonchev–Trinajstić information content (AvgIpc) is 3.95. The van der Waals surface area contributed by atoms with Gasteiger partial charge in [0, 0.05) is 61.2 Å². The Bertz CT molecular complexity index is 2210. The van der Waals surface area contributed by atoms with E-state index in [1.807, 2.05) is 34.0 Å². The second-order valence-electron chi connectivity index (χ2n) is 14.2. The van der Waals surface area contributed by atoms with E-state index in [0.717, 1.165) is 11.2 Å². The van der Waals surface area contributed by atoms with Gasteiger partial charge < -0.3 is 4.42 Å². The summed E-state index contributed by atoms with van der Waals surface area (Å²) < 4.78 is 9.32. The van der Waals surface area contributed by atoms with Crippen molar-refractivity contribution in [3.63, 3.8) is 0 Å². The second kappa shape index (κ2) is 15.4. The van der Waals surface area contributed by atoms with Crippen molar-refractivity contribution in [3.8, 4) is 20.9 Å². The van der Waals surface area contributed by atoms with Crippen molar-refractivity contribution < 1.29 is 4.42 Å². The van der Waals surface area contributed by atoms with E-state index in [4.69, 9.17) is 4.42 Å². The summed E-state index contributed by atoms with van der Waals surface area (Å²) in [5.41, 5.74) is 4.59. The van der Waals surface area contributed by atoms with Crippen LogP contribution in [0.2, 0.25) is 0 Å². The molecule has 0 bridgehead atoms. The van der Waals surface area contributed by atoms with E-state index in [1.165, 1.54) is 162 Å². The summed E-state index contributed by atoms with van der Waals surface area (Å²) in [7, 11) is 0. The Morgan fingerprint density at radius 3 is 1.60 bits per heavy atom. The smallest absolute Gasteiger partial charge is 0.143 e. The lowest BCUT2D eigenvalue weighted by Gasteiger charge is -2.02. The van der Waals surface area contributed by atoms with Gasteiger partial charge in [0.25, 0.3) is 0 Å². The van der Waals surface area contributed by atoms with Crippen molar-refractivity contribution in [2.24, 2.45) is 0 Å². The highest BCUT2D eigenvalue weighted by Gasteiger charge is 2.16. The molecule has 0 radical (unpaired) electrons. The predicted molar refractivity (Wildman–Crippen MR) is 225 cm³/mol. The van der Waals surface area contributed by atoms with Gasteiger partial charge in [0.15, 0.2) is 0 Å². The molecule has 1 nitrogen and oxygen atoms in total.